The molecule has 22 heavy (non-hydrogen) atoms. The standard InChI is InChI=1S/C21H41B/c1-5-9-12-15-18-21(8-4)22(19-16-13-10-6-2)20-17-14-11-7-3/h4-7,9-20H2,1-3H3. The van der Waals surface area contributed by atoms with E-state index in [1.54, 1.807) is 5.47 Å². The van der Waals surface area contributed by atoms with Gasteiger partial charge in [-0.25, -0.2) is 0 Å². The van der Waals surface area contributed by atoms with Crippen molar-refractivity contribution in [1.29, 1.82) is 0 Å². The Bertz CT molecular complexity index is 264. The predicted octanol–water partition coefficient (Wildman–Crippen LogP) is 7.86. The van der Waals surface area contributed by atoms with Crippen molar-refractivity contribution < 1.29 is 0 Å². The maximum Gasteiger partial charge on any atom is 0.180 e. The van der Waals surface area contributed by atoms with Crippen LogP contribution in [0.5, 0.6) is 0 Å². The van der Waals surface area contributed by atoms with E-state index in [9.17, 15) is 0 Å². The van der Waals surface area contributed by atoms with Gasteiger partial charge in [-0.05, 0) is 12.8 Å². The third-order valence-corrected chi connectivity index (χ3v) is 4.83. The van der Waals surface area contributed by atoms with Gasteiger partial charge in [-0.1, -0.05) is 116 Å². The van der Waals surface area contributed by atoms with Crippen molar-refractivity contribution in [3.63, 3.8) is 0 Å². The lowest BCUT2D eigenvalue weighted by molar-refractivity contribution is 0.666. The van der Waals surface area contributed by atoms with Gasteiger partial charge in [-0.15, -0.1) is 5.73 Å². The maximum absolute atomic E-state index is 4.01. The molecule has 0 nitrogen and oxygen atoms in total. The Kier molecular flexibility index (Phi) is 16.6. The minimum Gasteiger partial charge on any atom is -0.139 e. The Balaban J connectivity index is 4.26. The van der Waals surface area contributed by atoms with Gasteiger partial charge in [-0.2, -0.15) is 0 Å². The largest absolute Gasteiger partial charge is 0.180 e. The van der Waals surface area contributed by atoms with E-state index in [4.69, 9.17) is 0 Å². The number of rotatable bonds is 16. The Hall–Kier alpha value is -0.415. The smallest absolute Gasteiger partial charge is 0.139 e. The van der Waals surface area contributed by atoms with Crippen LogP contribution < -0.4 is 0 Å². The Labute approximate surface area is 141 Å². The van der Waals surface area contributed by atoms with Gasteiger partial charge in [-0.3, -0.25) is 0 Å². The first-order valence-electron chi connectivity index (χ1n) is 10.2. The zero-order valence-electron chi connectivity index (χ0n) is 15.9. The summed E-state index contributed by atoms with van der Waals surface area (Å²) in [4.78, 5) is 0. The Morgan fingerprint density at radius 2 is 1.14 bits per heavy atom. The van der Waals surface area contributed by atoms with Crippen LogP contribution >= 0.6 is 0 Å². The van der Waals surface area contributed by atoms with Crippen molar-refractivity contribution in [2.75, 3.05) is 0 Å². The van der Waals surface area contributed by atoms with Gasteiger partial charge < -0.3 is 0 Å². The topological polar surface area (TPSA) is 0 Å². The molecule has 0 N–H and O–H groups in total. The normalized spacial score (nSPS) is 10.5. The molecule has 0 unspecified atom stereocenters. The molecule has 0 aliphatic rings. The van der Waals surface area contributed by atoms with Crippen LogP contribution in [-0.4, -0.2) is 6.71 Å². The van der Waals surface area contributed by atoms with Gasteiger partial charge in [0.2, 0.25) is 0 Å². The summed E-state index contributed by atoms with van der Waals surface area (Å²) in [6.45, 7) is 11.7. The molecular weight excluding hydrogens is 263 g/mol. The maximum atomic E-state index is 4.01. The molecule has 0 atom stereocenters. The number of allylic oxidation sites excluding steroid dienone is 1. The molecule has 0 aliphatic heterocycles. The summed E-state index contributed by atoms with van der Waals surface area (Å²) in [5, 5.41) is 0. The molecule has 0 saturated heterocycles. The van der Waals surface area contributed by atoms with E-state index in [0.29, 0.717) is 0 Å². The highest BCUT2D eigenvalue weighted by atomic mass is 14.0. The molecule has 0 spiro atoms. The van der Waals surface area contributed by atoms with Crippen LogP contribution in [0.25, 0.3) is 0 Å². The van der Waals surface area contributed by atoms with E-state index in [1.165, 1.54) is 96.1 Å². The lowest BCUT2D eigenvalue weighted by atomic mass is 9.38. The summed E-state index contributed by atoms with van der Waals surface area (Å²) in [5.41, 5.74) is 4.87. The summed E-state index contributed by atoms with van der Waals surface area (Å²) >= 11 is 0. The molecule has 0 amide bonds. The zero-order valence-corrected chi connectivity index (χ0v) is 15.9. The second-order valence-corrected chi connectivity index (χ2v) is 6.91. The van der Waals surface area contributed by atoms with Crippen LogP contribution in [0.1, 0.15) is 104 Å². The highest BCUT2D eigenvalue weighted by Gasteiger charge is 2.17. The minimum absolute atomic E-state index is 0.771. The molecule has 0 aromatic heterocycles. The molecule has 1 heteroatoms. The molecule has 0 radical (unpaired) electrons. The average Bonchev–Trinajstić information content (AvgIpc) is 2.54. The van der Waals surface area contributed by atoms with Gasteiger partial charge in [0.25, 0.3) is 0 Å². The molecule has 0 aliphatic carbocycles. The second-order valence-electron chi connectivity index (χ2n) is 6.91. The van der Waals surface area contributed by atoms with Gasteiger partial charge in [0.05, 0.1) is 0 Å². The van der Waals surface area contributed by atoms with Crippen molar-refractivity contribution in [1.82, 2.24) is 0 Å². The number of hydrogen-bond acceptors (Lipinski definition) is 0. The van der Waals surface area contributed by atoms with E-state index in [2.05, 4.69) is 33.1 Å². The third-order valence-electron chi connectivity index (χ3n) is 4.83. The van der Waals surface area contributed by atoms with Crippen LogP contribution in [0, 0.1) is 0 Å². The monoisotopic (exact) mass is 304 g/mol. The third kappa shape index (κ3) is 12.2. The molecular formula is C21H41B. The molecule has 0 aromatic rings. The van der Waals surface area contributed by atoms with E-state index in [1.807, 2.05) is 0 Å². The Morgan fingerprint density at radius 3 is 1.55 bits per heavy atom. The summed E-state index contributed by atoms with van der Waals surface area (Å²) in [6.07, 6.45) is 20.5. The fourth-order valence-corrected chi connectivity index (χ4v) is 3.31. The highest BCUT2D eigenvalue weighted by Crippen LogP contribution is 2.22. The lowest BCUT2D eigenvalue weighted by Crippen LogP contribution is -2.16. The van der Waals surface area contributed by atoms with Gasteiger partial charge >= 0.3 is 0 Å². The zero-order chi connectivity index (χ0) is 16.5. The average molecular weight is 304 g/mol. The fourth-order valence-electron chi connectivity index (χ4n) is 3.31. The highest BCUT2D eigenvalue weighted by molar-refractivity contribution is 6.66. The van der Waals surface area contributed by atoms with E-state index >= 15 is 0 Å². The van der Waals surface area contributed by atoms with Gasteiger partial charge in [0, 0.05) is 0 Å². The number of unbranched alkanes of at least 4 members (excludes halogenated alkanes) is 9. The predicted molar refractivity (Wildman–Crippen MR) is 105 cm³/mol. The fraction of sp³-hybridized carbons (Fsp3) is 0.857. The SMILES string of the molecule is C=C=C(CCCCCC)B(CCCCCC)CCCCCC. The summed E-state index contributed by atoms with van der Waals surface area (Å²) in [5.74, 6) is 0. The van der Waals surface area contributed by atoms with Gasteiger partial charge in [0.15, 0.2) is 6.71 Å². The first-order valence-corrected chi connectivity index (χ1v) is 10.2. The molecule has 0 aromatic carbocycles. The summed E-state index contributed by atoms with van der Waals surface area (Å²) < 4.78 is 0. The van der Waals surface area contributed by atoms with Crippen molar-refractivity contribution >= 4 is 6.71 Å². The van der Waals surface area contributed by atoms with Crippen molar-refractivity contribution in [3.8, 4) is 0 Å². The minimum atomic E-state index is 0.771. The van der Waals surface area contributed by atoms with Crippen LogP contribution in [-0.2, 0) is 0 Å². The van der Waals surface area contributed by atoms with Crippen molar-refractivity contribution in [2.45, 2.75) is 117 Å². The van der Waals surface area contributed by atoms with Crippen molar-refractivity contribution in [3.05, 3.63) is 17.8 Å². The van der Waals surface area contributed by atoms with Crippen LogP contribution in [0.3, 0.4) is 0 Å². The quantitative estimate of drug-likeness (QED) is 0.155. The van der Waals surface area contributed by atoms with Crippen LogP contribution in [0.2, 0.25) is 12.6 Å². The lowest BCUT2D eigenvalue weighted by Gasteiger charge is -2.16. The van der Waals surface area contributed by atoms with E-state index in [-0.39, 0.29) is 0 Å². The summed E-state index contributed by atoms with van der Waals surface area (Å²) in [6, 6.07) is 0. The molecule has 0 saturated carbocycles. The van der Waals surface area contributed by atoms with Crippen LogP contribution in [0.15, 0.2) is 17.8 Å². The van der Waals surface area contributed by atoms with Crippen molar-refractivity contribution in [2.24, 2.45) is 0 Å². The molecule has 0 bridgehead atoms. The van der Waals surface area contributed by atoms with Crippen LogP contribution in [0.4, 0.5) is 0 Å². The Morgan fingerprint density at radius 1 is 0.682 bits per heavy atom. The molecule has 0 rings (SSSR count). The first-order chi connectivity index (χ1) is 10.8. The first kappa shape index (κ1) is 21.6. The van der Waals surface area contributed by atoms with E-state index < -0.39 is 0 Å². The summed E-state index contributed by atoms with van der Waals surface area (Å²) in [7, 11) is 0. The molecule has 128 valence electrons. The molecule has 0 heterocycles. The molecule has 0 fully saturated rings. The van der Waals surface area contributed by atoms with E-state index in [0.717, 1.165) is 6.71 Å². The number of hydrogen-bond donors (Lipinski definition) is 0. The second kappa shape index (κ2) is 16.9. The van der Waals surface area contributed by atoms with Gasteiger partial charge in [0.1, 0.15) is 0 Å².